The fourth-order valence-electron chi connectivity index (χ4n) is 3.08. The molecule has 0 atom stereocenters. The zero-order valence-corrected chi connectivity index (χ0v) is 19.6. The van der Waals surface area contributed by atoms with Gasteiger partial charge in [0.25, 0.3) is 0 Å². The Labute approximate surface area is 211 Å². The van der Waals surface area contributed by atoms with E-state index < -0.39 is 16.6 Å². The lowest BCUT2D eigenvalue weighted by atomic mass is 10.0. The number of aromatic nitrogens is 2. The van der Waals surface area contributed by atoms with E-state index in [0.717, 1.165) is 17.7 Å². The number of allylic oxidation sites excluding steroid dienone is 3. The van der Waals surface area contributed by atoms with Crippen LogP contribution in [0.4, 0.5) is 13.2 Å². The predicted molar refractivity (Wildman–Crippen MR) is 123 cm³/mol. The minimum atomic E-state index is -4.77. The molecule has 3 aromatic rings. The van der Waals surface area contributed by atoms with Crippen LogP contribution < -0.4 is 14.8 Å². The Morgan fingerprint density at radius 3 is 2.31 bits per heavy atom. The van der Waals surface area contributed by atoms with Gasteiger partial charge in [0.1, 0.15) is 23.0 Å². The Morgan fingerprint density at radius 1 is 1.08 bits per heavy atom. The maximum absolute atomic E-state index is 12.4. The highest BCUT2D eigenvalue weighted by Crippen LogP contribution is 2.38. The molecule has 1 aliphatic rings. The molecule has 0 fully saturated rings. The molecule has 0 saturated heterocycles. The van der Waals surface area contributed by atoms with Crippen molar-refractivity contribution >= 4 is 34.7 Å². The van der Waals surface area contributed by atoms with Crippen molar-refractivity contribution in [2.75, 3.05) is 0 Å². The van der Waals surface area contributed by atoms with Crippen LogP contribution >= 0.6 is 23.2 Å². The molecule has 0 unspecified atom stereocenters. The van der Waals surface area contributed by atoms with E-state index in [1.807, 2.05) is 0 Å². The lowest BCUT2D eigenvalue weighted by molar-refractivity contribution is -0.274. The van der Waals surface area contributed by atoms with Crippen molar-refractivity contribution < 1.29 is 37.1 Å². The second-order valence-electron chi connectivity index (χ2n) is 7.46. The van der Waals surface area contributed by atoms with E-state index in [2.05, 4.69) is 20.2 Å². The zero-order valence-electron chi connectivity index (χ0n) is 18.1. The number of carbonyl (C=O) groups excluding carboxylic acids is 1. The van der Waals surface area contributed by atoms with Gasteiger partial charge in [-0.15, -0.1) is 13.2 Å². The van der Waals surface area contributed by atoms with E-state index in [4.69, 9.17) is 32.5 Å². The van der Waals surface area contributed by atoms with Crippen molar-refractivity contribution in [1.29, 1.82) is 0 Å². The highest BCUT2D eigenvalue weighted by molar-refractivity contribution is 6.52. The van der Waals surface area contributed by atoms with Gasteiger partial charge in [0, 0.05) is 12.1 Å². The average molecular weight is 542 g/mol. The Kier molecular flexibility index (Phi) is 7.14. The second kappa shape index (κ2) is 10.1. The van der Waals surface area contributed by atoms with Crippen LogP contribution in [0.5, 0.6) is 17.2 Å². The maximum Gasteiger partial charge on any atom is 0.573 e. The summed E-state index contributed by atoms with van der Waals surface area (Å²) in [6, 6.07) is 11.6. The van der Waals surface area contributed by atoms with E-state index in [9.17, 15) is 23.1 Å². The molecular formula is C23H16Cl2F3N3O5. The number of hydrogen-bond acceptors (Lipinski definition) is 7. The highest BCUT2D eigenvalue weighted by atomic mass is 35.5. The van der Waals surface area contributed by atoms with Gasteiger partial charge in [-0.2, -0.15) is 4.98 Å². The third-order valence-corrected chi connectivity index (χ3v) is 5.39. The Morgan fingerprint density at radius 2 is 1.69 bits per heavy atom. The first-order valence-corrected chi connectivity index (χ1v) is 11.0. The number of hydrogen-bond donors (Lipinski definition) is 2. The molecule has 188 valence electrons. The first kappa shape index (κ1) is 25.4. The molecule has 0 spiro atoms. The molecule has 1 aromatic heterocycles. The molecule has 36 heavy (non-hydrogen) atoms. The fourth-order valence-corrected chi connectivity index (χ4v) is 3.49. The molecule has 1 aliphatic carbocycles. The predicted octanol–water partition coefficient (Wildman–Crippen LogP) is 6.09. The van der Waals surface area contributed by atoms with E-state index in [1.54, 1.807) is 24.3 Å². The van der Waals surface area contributed by atoms with Crippen molar-refractivity contribution in [2.24, 2.45) is 0 Å². The molecule has 13 heteroatoms. The van der Waals surface area contributed by atoms with Gasteiger partial charge in [0.15, 0.2) is 10.2 Å². The number of alkyl halides is 5. The van der Waals surface area contributed by atoms with Gasteiger partial charge in [-0.05, 0) is 60.5 Å². The smallest absolute Gasteiger partial charge is 0.509 e. The lowest BCUT2D eigenvalue weighted by Gasteiger charge is -2.19. The molecule has 2 N–H and O–H groups in total. The number of aliphatic hydroxyl groups excluding tert-OH is 1. The Balaban J connectivity index is 1.30. The van der Waals surface area contributed by atoms with Crippen LogP contribution in [0, 0.1) is 0 Å². The number of nitrogens with zero attached hydrogens (tertiary/aromatic N) is 2. The molecule has 0 saturated carbocycles. The van der Waals surface area contributed by atoms with E-state index in [1.165, 1.54) is 24.3 Å². The molecule has 1 heterocycles. The van der Waals surface area contributed by atoms with Crippen molar-refractivity contribution in [3.8, 4) is 17.2 Å². The van der Waals surface area contributed by atoms with Gasteiger partial charge in [-0.1, -0.05) is 40.5 Å². The summed E-state index contributed by atoms with van der Waals surface area (Å²) in [5, 5.41) is 16.1. The molecular weight excluding hydrogens is 526 g/mol. The largest absolute Gasteiger partial charge is 0.573 e. The number of aliphatic hydroxyl groups is 1. The van der Waals surface area contributed by atoms with Crippen LogP contribution in [0.3, 0.4) is 0 Å². The van der Waals surface area contributed by atoms with E-state index in [-0.39, 0.29) is 36.2 Å². The second-order valence-corrected chi connectivity index (χ2v) is 8.84. The summed E-state index contributed by atoms with van der Waals surface area (Å²) in [4.78, 5) is 16.4. The van der Waals surface area contributed by atoms with Crippen LogP contribution in [0.2, 0.25) is 0 Å². The average Bonchev–Trinajstić information content (AvgIpc) is 3.31. The molecule has 0 radical (unpaired) electrons. The number of nitrogens with one attached hydrogen (secondary N) is 1. The van der Waals surface area contributed by atoms with Crippen LogP contribution in [0.15, 0.2) is 71.0 Å². The Bertz CT molecular complexity index is 1300. The number of amides is 1. The van der Waals surface area contributed by atoms with Gasteiger partial charge in [-0.25, -0.2) is 0 Å². The number of benzene rings is 2. The third kappa shape index (κ3) is 6.49. The summed E-state index contributed by atoms with van der Waals surface area (Å²) in [5.74, 6) is -0.559. The number of halogens is 5. The molecule has 4 rings (SSSR count). The van der Waals surface area contributed by atoms with Gasteiger partial charge in [0.2, 0.25) is 0 Å². The quantitative estimate of drug-likeness (QED) is 0.348. The number of ether oxygens (including phenoxy) is 2. The third-order valence-electron chi connectivity index (χ3n) is 4.79. The minimum absolute atomic E-state index is 0.120. The molecule has 0 bridgehead atoms. The summed E-state index contributed by atoms with van der Waals surface area (Å²) in [7, 11) is 0. The van der Waals surface area contributed by atoms with Crippen LogP contribution in [0.25, 0.3) is 5.57 Å². The van der Waals surface area contributed by atoms with Gasteiger partial charge < -0.3 is 24.4 Å². The van der Waals surface area contributed by atoms with Crippen molar-refractivity contribution in [3.05, 3.63) is 83.7 Å². The highest BCUT2D eigenvalue weighted by Gasteiger charge is 2.32. The topological polar surface area (TPSA) is 107 Å². The van der Waals surface area contributed by atoms with E-state index >= 15 is 0 Å². The summed E-state index contributed by atoms with van der Waals surface area (Å²) in [6.45, 7) is 0.145. The van der Waals surface area contributed by atoms with Gasteiger partial charge >= 0.3 is 18.2 Å². The SMILES string of the molecule is O=C(NCc1ccc(Oc2ccc(OC(F)(F)F)cc2)cc1)c1nc(C2=CC(Cl)(Cl)C(O)=CC2)no1. The van der Waals surface area contributed by atoms with Crippen LogP contribution in [0.1, 0.15) is 28.5 Å². The normalized spacial score (nSPS) is 15.0. The summed E-state index contributed by atoms with van der Waals surface area (Å²) in [6.07, 6.45) is -1.73. The molecule has 2 aromatic carbocycles. The minimum Gasteiger partial charge on any atom is -0.509 e. The van der Waals surface area contributed by atoms with Gasteiger partial charge in [0.05, 0.1) is 0 Å². The maximum atomic E-state index is 12.4. The van der Waals surface area contributed by atoms with Crippen LogP contribution in [-0.2, 0) is 6.54 Å². The Hall–Kier alpha value is -3.70. The van der Waals surface area contributed by atoms with E-state index in [0.29, 0.717) is 17.1 Å². The molecule has 0 aliphatic heterocycles. The molecule has 8 nitrogen and oxygen atoms in total. The first-order valence-electron chi connectivity index (χ1n) is 10.2. The lowest BCUT2D eigenvalue weighted by Crippen LogP contribution is -2.23. The van der Waals surface area contributed by atoms with Crippen molar-refractivity contribution in [2.45, 2.75) is 23.7 Å². The zero-order chi connectivity index (χ0) is 25.9. The van der Waals surface area contributed by atoms with Crippen LogP contribution in [-0.4, -0.2) is 31.9 Å². The van der Waals surface area contributed by atoms with Crippen molar-refractivity contribution in [1.82, 2.24) is 15.5 Å². The molecule has 1 amide bonds. The summed E-state index contributed by atoms with van der Waals surface area (Å²) >= 11 is 12.0. The monoisotopic (exact) mass is 541 g/mol. The van der Waals surface area contributed by atoms with Gasteiger partial charge in [-0.3, -0.25) is 4.79 Å². The standard InChI is InChI=1S/C23H16Cl2F3N3O5/c24-22(25)11-14(3-10-18(22)32)19-30-21(36-31-19)20(33)29-12-13-1-4-15(5-2-13)34-16-6-8-17(9-7-16)35-23(26,27)28/h1-2,4-11,32H,3,12H2,(H,29,33). The first-order chi connectivity index (χ1) is 17.0. The van der Waals surface area contributed by atoms with Crippen molar-refractivity contribution in [3.63, 3.8) is 0 Å². The fraction of sp³-hybridized carbons (Fsp3) is 0.174. The number of rotatable bonds is 7. The number of carbonyl (C=O) groups is 1. The summed E-state index contributed by atoms with van der Waals surface area (Å²) < 4.78 is 49.5. The summed E-state index contributed by atoms with van der Waals surface area (Å²) in [5.41, 5.74) is 1.22.